The average Bonchev–Trinajstić information content (AvgIpc) is 2.60. The number of hydrogen-bond acceptors (Lipinski definition) is 2. The zero-order valence-electron chi connectivity index (χ0n) is 9.48. The second-order valence-electron chi connectivity index (χ2n) is 3.97. The molecule has 1 aliphatic heterocycles. The van der Waals surface area contributed by atoms with Gasteiger partial charge in [-0.25, -0.2) is 0 Å². The third kappa shape index (κ3) is 2.22. The summed E-state index contributed by atoms with van der Waals surface area (Å²) in [6, 6.07) is 7.49. The fraction of sp³-hybridized carbons (Fsp3) is 0.286. The molecule has 1 amide bonds. The summed E-state index contributed by atoms with van der Waals surface area (Å²) in [4.78, 5) is 14.4. The summed E-state index contributed by atoms with van der Waals surface area (Å²) in [6.07, 6.45) is 7.76. The third-order valence-corrected chi connectivity index (χ3v) is 3.27. The van der Waals surface area contributed by atoms with Gasteiger partial charge >= 0.3 is 0 Å². The molecule has 0 spiro atoms. The van der Waals surface area contributed by atoms with Crippen LogP contribution in [0.5, 0.6) is 0 Å². The van der Waals surface area contributed by atoms with Crippen molar-refractivity contribution in [3.8, 4) is 12.3 Å². The van der Waals surface area contributed by atoms with Gasteiger partial charge in [-0.2, -0.15) is 0 Å². The van der Waals surface area contributed by atoms with Gasteiger partial charge in [-0.1, -0.05) is 30.4 Å². The smallest absolute Gasteiger partial charge is 0.259 e. The van der Waals surface area contributed by atoms with Crippen molar-refractivity contribution in [3.63, 3.8) is 0 Å². The minimum atomic E-state index is 0.0197. The second-order valence-corrected chi connectivity index (χ2v) is 4.36. The van der Waals surface area contributed by atoms with Crippen LogP contribution in [0.2, 0.25) is 0 Å². The lowest BCUT2D eigenvalue weighted by Crippen LogP contribution is -2.30. The quantitative estimate of drug-likeness (QED) is 0.460. The first-order valence-corrected chi connectivity index (χ1v) is 6.05. The zero-order valence-corrected chi connectivity index (χ0v) is 10.3. The molecule has 17 heavy (non-hydrogen) atoms. The molecule has 1 aliphatic rings. The summed E-state index contributed by atoms with van der Waals surface area (Å²) in [5, 5.41) is 0. The maximum absolute atomic E-state index is 12.1. The highest BCUT2D eigenvalue weighted by Crippen LogP contribution is 2.23. The Hall–Kier alpha value is -1.66. The average molecular weight is 243 g/mol. The number of benzene rings is 1. The Morgan fingerprint density at radius 3 is 2.59 bits per heavy atom. The molecule has 0 unspecified atom stereocenters. The lowest BCUT2D eigenvalue weighted by Gasteiger charge is -2.15. The Balaban J connectivity index is 2.06. The number of fused-ring (bicyclic) bond motifs is 1. The highest BCUT2D eigenvalue weighted by molar-refractivity contribution is 7.80. The number of amides is 1. The number of carbonyl (C=O) groups is 1. The SMILES string of the molecule is C#CCCCCN1C(=O)c2ccccc2C1=S. The van der Waals surface area contributed by atoms with Crippen molar-refractivity contribution in [1.82, 2.24) is 4.90 Å². The van der Waals surface area contributed by atoms with Crippen LogP contribution in [0.4, 0.5) is 0 Å². The van der Waals surface area contributed by atoms with E-state index in [0.717, 1.165) is 30.4 Å². The van der Waals surface area contributed by atoms with Crippen molar-refractivity contribution < 1.29 is 4.79 Å². The Morgan fingerprint density at radius 2 is 1.94 bits per heavy atom. The number of carbonyl (C=O) groups excluding carboxylic acids is 1. The molecular formula is C14H13NOS. The molecule has 2 nitrogen and oxygen atoms in total. The van der Waals surface area contributed by atoms with Crippen LogP contribution in [0.1, 0.15) is 35.2 Å². The normalized spacial score (nSPS) is 13.7. The molecule has 2 rings (SSSR count). The van der Waals surface area contributed by atoms with Crippen molar-refractivity contribution >= 4 is 23.1 Å². The van der Waals surface area contributed by atoms with E-state index in [9.17, 15) is 4.79 Å². The lowest BCUT2D eigenvalue weighted by molar-refractivity contribution is 0.0860. The van der Waals surface area contributed by atoms with Gasteiger partial charge in [-0.3, -0.25) is 9.69 Å². The van der Waals surface area contributed by atoms with Crippen molar-refractivity contribution in [2.75, 3.05) is 6.54 Å². The van der Waals surface area contributed by atoms with Gasteiger partial charge in [0.2, 0.25) is 0 Å². The zero-order chi connectivity index (χ0) is 12.3. The van der Waals surface area contributed by atoms with E-state index in [1.807, 2.05) is 24.3 Å². The van der Waals surface area contributed by atoms with Crippen molar-refractivity contribution in [2.45, 2.75) is 19.3 Å². The Morgan fingerprint density at radius 1 is 1.24 bits per heavy atom. The van der Waals surface area contributed by atoms with E-state index in [1.165, 1.54) is 0 Å². The van der Waals surface area contributed by atoms with E-state index in [2.05, 4.69) is 5.92 Å². The molecule has 3 heteroatoms. The topological polar surface area (TPSA) is 20.3 Å². The molecule has 0 aliphatic carbocycles. The second kappa shape index (κ2) is 5.11. The highest BCUT2D eigenvalue weighted by Gasteiger charge is 2.31. The molecule has 0 radical (unpaired) electrons. The van der Waals surface area contributed by atoms with E-state index in [0.29, 0.717) is 11.5 Å². The van der Waals surface area contributed by atoms with Gasteiger partial charge in [0, 0.05) is 18.5 Å². The first kappa shape index (κ1) is 11.8. The van der Waals surface area contributed by atoms with Crippen LogP contribution in [0.3, 0.4) is 0 Å². The van der Waals surface area contributed by atoms with Crippen molar-refractivity contribution in [3.05, 3.63) is 35.4 Å². The van der Waals surface area contributed by atoms with Gasteiger partial charge in [0.1, 0.15) is 4.99 Å². The molecule has 0 saturated carbocycles. The Labute approximate surface area is 107 Å². The third-order valence-electron chi connectivity index (χ3n) is 2.83. The summed E-state index contributed by atoms with van der Waals surface area (Å²) >= 11 is 5.32. The van der Waals surface area contributed by atoms with Crippen molar-refractivity contribution in [2.24, 2.45) is 0 Å². The van der Waals surface area contributed by atoms with E-state index in [1.54, 1.807) is 4.90 Å². The largest absolute Gasteiger partial charge is 0.298 e. The molecule has 0 fully saturated rings. The van der Waals surface area contributed by atoms with E-state index in [-0.39, 0.29) is 5.91 Å². The van der Waals surface area contributed by atoms with Crippen LogP contribution in [0.25, 0.3) is 0 Å². The molecule has 0 aromatic heterocycles. The van der Waals surface area contributed by atoms with Crippen LogP contribution < -0.4 is 0 Å². The summed E-state index contributed by atoms with van der Waals surface area (Å²) in [5.74, 6) is 2.62. The molecule has 0 saturated heterocycles. The van der Waals surface area contributed by atoms with Crippen LogP contribution in [0.15, 0.2) is 24.3 Å². The van der Waals surface area contributed by atoms with E-state index >= 15 is 0 Å². The first-order chi connectivity index (χ1) is 8.25. The van der Waals surface area contributed by atoms with Gasteiger partial charge in [0.05, 0.1) is 5.56 Å². The lowest BCUT2D eigenvalue weighted by atomic mass is 10.1. The molecule has 1 aromatic rings. The summed E-state index contributed by atoms with van der Waals surface area (Å²) < 4.78 is 0. The van der Waals surface area contributed by atoms with Crippen LogP contribution in [-0.4, -0.2) is 22.3 Å². The van der Waals surface area contributed by atoms with Crippen LogP contribution in [0, 0.1) is 12.3 Å². The molecule has 86 valence electrons. The maximum atomic E-state index is 12.1. The van der Waals surface area contributed by atoms with Crippen molar-refractivity contribution in [1.29, 1.82) is 0 Å². The Kier molecular flexibility index (Phi) is 3.55. The highest BCUT2D eigenvalue weighted by atomic mass is 32.1. The predicted octanol–water partition coefficient (Wildman–Crippen LogP) is 2.62. The van der Waals surface area contributed by atoms with E-state index in [4.69, 9.17) is 18.6 Å². The monoisotopic (exact) mass is 243 g/mol. The number of hydrogen-bond donors (Lipinski definition) is 0. The van der Waals surface area contributed by atoms with Crippen LogP contribution >= 0.6 is 12.2 Å². The standard InChI is InChI=1S/C14H13NOS/c1-2-3-4-7-10-15-13(16)11-8-5-6-9-12(11)14(15)17/h1,5-6,8-9H,3-4,7,10H2. The molecular weight excluding hydrogens is 230 g/mol. The number of nitrogens with zero attached hydrogens (tertiary/aromatic N) is 1. The molecule has 0 atom stereocenters. The van der Waals surface area contributed by atoms with Gasteiger partial charge in [-0.05, 0) is 18.9 Å². The number of rotatable bonds is 4. The summed E-state index contributed by atoms with van der Waals surface area (Å²) in [6.45, 7) is 0.661. The van der Waals surface area contributed by atoms with Crippen LogP contribution in [-0.2, 0) is 0 Å². The fourth-order valence-electron chi connectivity index (χ4n) is 1.94. The molecule has 1 heterocycles. The first-order valence-electron chi connectivity index (χ1n) is 5.64. The van der Waals surface area contributed by atoms with Gasteiger partial charge in [0.15, 0.2) is 0 Å². The number of terminal acetylenes is 1. The summed E-state index contributed by atoms with van der Waals surface area (Å²) in [7, 11) is 0. The van der Waals surface area contributed by atoms with E-state index < -0.39 is 0 Å². The van der Waals surface area contributed by atoms with Gasteiger partial charge in [-0.15, -0.1) is 12.3 Å². The maximum Gasteiger partial charge on any atom is 0.259 e. The number of unbranched alkanes of at least 4 members (excludes halogenated alkanes) is 2. The predicted molar refractivity (Wildman–Crippen MR) is 71.9 cm³/mol. The minimum Gasteiger partial charge on any atom is -0.298 e. The minimum absolute atomic E-state index is 0.0197. The number of thiocarbonyl (C=S) groups is 1. The van der Waals surface area contributed by atoms with Gasteiger partial charge < -0.3 is 0 Å². The molecule has 1 aromatic carbocycles. The Bertz CT molecular complexity index is 466. The summed E-state index contributed by atoms with van der Waals surface area (Å²) in [5.41, 5.74) is 1.60. The van der Waals surface area contributed by atoms with Gasteiger partial charge in [0.25, 0.3) is 5.91 Å². The fourth-order valence-corrected chi connectivity index (χ4v) is 2.29. The molecule has 0 bridgehead atoms. The molecule has 0 N–H and O–H groups in total.